The van der Waals surface area contributed by atoms with Crippen molar-refractivity contribution in [2.45, 2.75) is 57.7 Å². The van der Waals surface area contributed by atoms with Gasteiger partial charge < -0.3 is 15.4 Å². The van der Waals surface area contributed by atoms with Gasteiger partial charge in [-0.25, -0.2) is 0 Å². The summed E-state index contributed by atoms with van der Waals surface area (Å²) < 4.78 is 6.10. The fourth-order valence-electron chi connectivity index (χ4n) is 3.35. The van der Waals surface area contributed by atoms with Crippen molar-refractivity contribution >= 4 is 0 Å². The molecule has 0 aromatic rings. The molecule has 0 amide bonds. The Bertz CT molecular complexity index is 275. The predicted octanol–water partition coefficient (Wildman–Crippen LogP) is 1.69. The number of nitrogens with zero attached hydrogens (tertiary/aromatic N) is 2. The van der Waals surface area contributed by atoms with Crippen LogP contribution in [0.2, 0.25) is 0 Å². The topological polar surface area (TPSA) is 41.7 Å². The molecule has 0 aromatic carbocycles. The van der Waals surface area contributed by atoms with Gasteiger partial charge in [0.1, 0.15) is 0 Å². The van der Waals surface area contributed by atoms with Crippen LogP contribution in [0.1, 0.15) is 46.0 Å². The Morgan fingerprint density at radius 1 is 1.05 bits per heavy atom. The van der Waals surface area contributed by atoms with Gasteiger partial charge in [-0.05, 0) is 52.6 Å². The molecule has 0 aromatic heterocycles. The van der Waals surface area contributed by atoms with E-state index >= 15 is 0 Å². The van der Waals surface area contributed by atoms with Gasteiger partial charge in [-0.15, -0.1) is 0 Å². The largest absolute Gasteiger partial charge is 0.371 e. The summed E-state index contributed by atoms with van der Waals surface area (Å²) in [6, 6.07) is 0. The average molecular weight is 283 g/mol. The zero-order valence-electron chi connectivity index (χ0n) is 13.4. The SMILES string of the molecule is CC1(C)CCC(CN2CCN(CCCCCN)CC2)O1. The number of hydrogen-bond acceptors (Lipinski definition) is 4. The van der Waals surface area contributed by atoms with E-state index in [9.17, 15) is 0 Å². The molecule has 2 aliphatic rings. The second-order valence-corrected chi connectivity index (χ2v) is 7.03. The first-order valence-electron chi connectivity index (χ1n) is 8.42. The second-order valence-electron chi connectivity index (χ2n) is 7.03. The molecule has 20 heavy (non-hydrogen) atoms. The highest BCUT2D eigenvalue weighted by Crippen LogP contribution is 2.29. The number of hydrogen-bond donors (Lipinski definition) is 1. The predicted molar refractivity (Wildman–Crippen MR) is 84.0 cm³/mol. The summed E-state index contributed by atoms with van der Waals surface area (Å²) in [4.78, 5) is 5.19. The minimum absolute atomic E-state index is 0.107. The summed E-state index contributed by atoms with van der Waals surface area (Å²) >= 11 is 0. The Kier molecular flexibility index (Phi) is 6.27. The van der Waals surface area contributed by atoms with Gasteiger partial charge in [-0.3, -0.25) is 4.90 Å². The molecule has 1 unspecified atom stereocenters. The van der Waals surface area contributed by atoms with Crippen LogP contribution in [0, 0.1) is 0 Å². The molecule has 2 fully saturated rings. The van der Waals surface area contributed by atoms with E-state index in [0.29, 0.717) is 6.10 Å². The van der Waals surface area contributed by atoms with Gasteiger partial charge >= 0.3 is 0 Å². The molecule has 2 heterocycles. The summed E-state index contributed by atoms with van der Waals surface area (Å²) in [6.45, 7) is 12.5. The van der Waals surface area contributed by atoms with Crippen molar-refractivity contribution in [3.63, 3.8) is 0 Å². The number of rotatable bonds is 7. The maximum Gasteiger partial charge on any atom is 0.0710 e. The minimum atomic E-state index is 0.107. The minimum Gasteiger partial charge on any atom is -0.371 e. The third kappa shape index (κ3) is 5.32. The Morgan fingerprint density at radius 3 is 2.35 bits per heavy atom. The molecule has 4 nitrogen and oxygen atoms in total. The lowest BCUT2D eigenvalue weighted by atomic mass is 10.1. The molecule has 0 radical (unpaired) electrons. The van der Waals surface area contributed by atoms with Gasteiger partial charge in [-0.1, -0.05) is 6.42 Å². The molecule has 2 N–H and O–H groups in total. The third-order valence-electron chi connectivity index (χ3n) is 4.66. The second kappa shape index (κ2) is 7.74. The van der Waals surface area contributed by atoms with Crippen LogP contribution in [0.4, 0.5) is 0 Å². The van der Waals surface area contributed by atoms with Crippen molar-refractivity contribution in [3.8, 4) is 0 Å². The third-order valence-corrected chi connectivity index (χ3v) is 4.66. The summed E-state index contributed by atoms with van der Waals surface area (Å²) in [7, 11) is 0. The van der Waals surface area contributed by atoms with Gasteiger partial charge in [-0.2, -0.15) is 0 Å². The zero-order valence-corrected chi connectivity index (χ0v) is 13.4. The van der Waals surface area contributed by atoms with Crippen molar-refractivity contribution in [1.29, 1.82) is 0 Å². The molecule has 2 saturated heterocycles. The number of ether oxygens (including phenoxy) is 1. The van der Waals surface area contributed by atoms with E-state index in [-0.39, 0.29) is 5.60 Å². The Morgan fingerprint density at radius 2 is 1.75 bits per heavy atom. The smallest absolute Gasteiger partial charge is 0.0710 e. The monoisotopic (exact) mass is 283 g/mol. The van der Waals surface area contributed by atoms with Gasteiger partial charge in [0.25, 0.3) is 0 Å². The van der Waals surface area contributed by atoms with Crippen LogP contribution in [0.25, 0.3) is 0 Å². The maximum absolute atomic E-state index is 6.10. The first kappa shape index (κ1) is 16.2. The highest BCUT2D eigenvalue weighted by Gasteiger charge is 2.33. The fourth-order valence-corrected chi connectivity index (χ4v) is 3.35. The molecule has 0 bridgehead atoms. The van der Waals surface area contributed by atoms with Crippen molar-refractivity contribution in [3.05, 3.63) is 0 Å². The van der Waals surface area contributed by atoms with Crippen LogP contribution in [-0.4, -0.2) is 67.3 Å². The van der Waals surface area contributed by atoms with Crippen molar-refractivity contribution in [2.24, 2.45) is 5.73 Å². The fraction of sp³-hybridized carbons (Fsp3) is 1.00. The molecular formula is C16H33N3O. The summed E-state index contributed by atoms with van der Waals surface area (Å²) in [6.07, 6.45) is 6.65. The molecule has 1 atom stereocenters. The molecule has 118 valence electrons. The van der Waals surface area contributed by atoms with E-state index in [1.54, 1.807) is 0 Å². The van der Waals surface area contributed by atoms with Gasteiger partial charge in [0.2, 0.25) is 0 Å². The summed E-state index contributed by atoms with van der Waals surface area (Å²) in [5.41, 5.74) is 5.64. The molecular weight excluding hydrogens is 250 g/mol. The van der Waals surface area contributed by atoms with Gasteiger partial charge in [0.05, 0.1) is 11.7 Å². The van der Waals surface area contributed by atoms with Crippen molar-refractivity contribution in [2.75, 3.05) is 45.8 Å². The molecule has 2 aliphatic heterocycles. The molecule has 2 rings (SSSR count). The Balaban J connectivity index is 1.57. The van der Waals surface area contributed by atoms with Crippen molar-refractivity contribution < 1.29 is 4.74 Å². The van der Waals surface area contributed by atoms with Crippen LogP contribution in [0.3, 0.4) is 0 Å². The number of unbranched alkanes of at least 4 members (excludes halogenated alkanes) is 2. The highest BCUT2D eigenvalue weighted by molar-refractivity contribution is 4.84. The zero-order chi connectivity index (χ0) is 14.4. The van der Waals surface area contributed by atoms with E-state index in [1.807, 2.05) is 0 Å². The quantitative estimate of drug-likeness (QED) is 0.722. The van der Waals surface area contributed by atoms with Gasteiger partial charge in [0, 0.05) is 32.7 Å². The van der Waals surface area contributed by atoms with E-state index in [1.165, 1.54) is 64.8 Å². The number of piperazine rings is 1. The lowest BCUT2D eigenvalue weighted by Crippen LogP contribution is -2.48. The standard InChI is InChI=1S/C16H33N3O/c1-16(2)7-6-15(20-16)14-19-12-10-18(11-13-19)9-5-3-4-8-17/h15H,3-14,17H2,1-2H3. The van der Waals surface area contributed by atoms with Crippen LogP contribution >= 0.6 is 0 Å². The molecule has 0 spiro atoms. The van der Waals surface area contributed by atoms with E-state index in [2.05, 4.69) is 23.6 Å². The van der Waals surface area contributed by atoms with Crippen molar-refractivity contribution in [1.82, 2.24) is 9.80 Å². The number of nitrogens with two attached hydrogens (primary N) is 1. The normalized spacial score (nSPS) is 28.1. The van der Waals surface area contributed by atoms with Crippen LogP contribution in [0.5, 0.6) is 0 Å². The summed E-state index contributed by atoms with van der Waals surface area (Å²) in [5, 5.41) is 0. The molecule has 0 aliphatic carbocycles. The lowest BCUT2D eigenvalue weighted by Gasteiger charge is -2.36. The summed E-state index contributed by atoms with van der Waals surface area (Å²) in [5.74, 6) is 0. The Labute approximate surface area is 124 Å². The molecule has 0 saturated carbocycles. The first-order chi connectivity index (χ1) is 9.59. The maximum atomic E-state index is 6.10. The van der Waals surface area contributed by atoms with E-state index < -0.39 is 0 Å². The highest BCUT2D eigenvalue weighted by atomic mass is 16.5. The van der Waals surface area contributed by atoms with Crippen LogP contribution in [-0.2, 0) is 4.74 Å². The first-order valence-corrected chi connectivity index (χ1v) is 8.42. The molecule has 4 heteroatoms. The van der Waals surface area contributed by atoms with E-state index in [0.717, 1.165) is 13.1 Å². The van der Waals surface area contributed by atoms with Crippen LogP contribution < -0.4 is 5.73 Å². The van der Waals surface area contributed by atoms with Gasteiger partial charge in [0.15, 0.2) is 0 Å². The average Bonchev–Trinajstić information content (AvgIpc) is 2.76. The van der Waals surface area contributed by atoms with E-state index in [4.69, 9.17) is 10.5 Å². The van der Waals surface area contributed by atoms with Crippen LogP contribution in [0.15, 0.2) is 0 Å². The Hall–Kier alpha value is -0.160. The lowest BCUT2D eigenvalue weighted by molar-refractivity contribution is -0.0335.